The fourth-order valence-electron chi connectivity index (χ4n) is 2.11. The van der Waals surface area contributed by atoms with Crippen molar-refractivity contribution in [2.24, 2.45) is 0 Å². The average molecular weight is 305 g/mol. The molecule has 4 heteroatoms. The number of nitrogens with zero attached hydrogens (tertiary/aromatic N) is 2. The van der Waals surface area contributed by atoms with Crippen molar-refractivity contribution in [2.45, 2.75) is 6.92 Å². The van der Waals surface area contributed by atoms with Crippen LogP contribution in [0, 0.1) is 18.3 Å². The van der Waals surface area contributed by atoms with E-state index in [1.54, 1.807) is 12.1 Å². The maximum absolute atomic E-state index is 12.2. The van der Waals surface area contributed by atoms with Crippen LogP contribution in [0.3, 0.4) is 0 Å². The van der Waals surface area contributed by atoms with Gasteiger partial charge in [-0.2, -0.15) is 5.26 Å². The Morgan fingerprint density at radius 1 is 1.17 bits per heavy atom. The summed E-state index contributed by atoms with van der Waals surface area (Å²) in [5.74, 6) is -0.408. The van der Waals surface area contributed by atoms with Crippen LogP contribution < -0.4 is 10.2 Å². The first kappa shape index (κ1) is 16.3. The number of rotatable bonds is 4. The molecule has 0 aliphatic heterocycles. The molecule has 0 heterocycles. The SMILES string of the molecule is Cc1cccc(NC(=O)C(C#N)=Cc2ccc(N(C)C)cc2)c1. The van der Waals surface area contributed by atoms with Crippen LogP contribution in [-0.4, -0.2) is 20.0 Å². The first-order valence-electron chi connectivity index (χ1n) is 7.27. The molecular formula is C19H19N3O. The summed E-state index contributed by atoms with van der Waals surface area (Å²) in [7, 11) is 3.92. The molecule has 0 aliphatic carbocycles. The number of anilines is 2. The van der Waals surface area contributed by atoms with Crippen LogP contribution >= 0.6 is 0 Å². The summed E-state index contributed by atoms with van der Waals surface area (Å²) in [6, 6.07) is 17.1. The zero-order valence-corrected chi connectivity index (χ0v) is 13.5. The maximum Gasteiger partial charge on any atom is 0.266 e. The zero-order chi connectivity index (χ0) is 16.8. The summed E-state index contributed by atoms with van der Waals surface area (Å²) < 4.78 is 0. The Balaban J connectivity index is 2.18. The lowest BCUT2D eigenvalue weighted by Gasteiger charge is -2.12. The molecule has 2 rings (SSSR count). The number of carbonyl (C=O) groups excluding carboxylic acids is 1. The van der Waals surface area contributed by atoms with Crippen molar-refractivity contribution >= 4 is 23.4 Å². The van der Waals surface area contributed by atoms with Gasteiger partial charge in [0, 0.05) is 25.5 Å². The van der Waals surface area contributed by atoms with Crippen molar-refractivity contribution in [2.75, 3.05) is 24.3 Å². The molecule has 0 fully saturated rings. The summed E-state index contributed by atoms with van der Waals surface area (Å²) >= 11 is 0. The van der Waals surface area contributed by atoms with Crippen molar-refractivity contribution in [1.82, 2.24) is 0 Å². The Morgan fingerprint density at radius 2 is 1.87 bits per heavy atom. The fraction of sp³-hybridized carbons (Fsp3) is 0.158. The van der Waals surface area contributed by atoms with Crippen LogP contribution in [0.5, 0.6) is 0 Å². The van der Waals surface area contributed by atoms with Crippen LogP contribution in [0.1, 0.15) is 11.1 Å². The van der Waals surface area contributed by atoms with Gasteiger partial charge in [-0.25, -0.2) is 0 Å². The monoisotopic (exact) mass is 305 g/mol. The van der Waals surface area contributed by atoms with Crippen molar-refractivity contribution in [3.63, 3.8) is 0 Å². The highest BCUT2D eigenvalue weighted by Gasteiger charge is 2.09. The number of amides is 1. The molecule has 0 bridgehead atoms. The number of hydrogen-bond donors (Lipinski definition) is 1. The van der Waals surface area contributed by atoms with Crippen LogP contribution in [0.25, 0.3) is 6.08 Å². The highest BCUT2D eigenvalue weighted by Crippen LogP contribution is 2.16. The molecule has 0 unspecified atom stereocenters. The molecule has 1 amide bonds. The molecule has 4 nitrogen and oxygen atoms in total. The van der Waals surface area contributed by atoms with Gasteiger partial charge < -0.3 is 10.2 Å². The van der Waals surface area contributed by atoms with Gasteiger partial charge in [-0.3, -0.25) is 4.79 Å². The van der Waals surface area contributed by atoms with Gasteiger partial charge in [0.15, 0.2) is 0 Å². The number of nitrogens with one attached hydrogen (secondary N) is 1. The molecule has 2 aromatic carbocycles. The van der Waals surface area contributed by atoms with Gasteiger partial charge in [0.25, 0.3) is 5.91 Å². The molecule has 0 saturated heterocycles. The molecule has 0 spiro atoms. The molecule has 0 saturated carbocycles. The smallest absolute Gasteiger partial charge is 0.266 e. The van der Waals surface area contributed by atoms with Gasteiger partial charge in [0.05, 0.1) is 0 Å². The predicted molar refractivity (Wildman–Crippen MR) is 94.2 cm³/mol. The summed E-state index contributed by atoms with van der Waals surface area (Å²) in [5, 5.41) is 12.0. The number of nitriles is 1. The van der Waals surface area contributed by atoms with Gasteiger partial charge in [0.2, 0.25) is 0 Å². The Labute approximate surface area is 136 Å². The minimum atomic E-state index is -0.408. The minimum Gasteiger partial charge on any atom is -0.378 e. The normalized spacial score (nSPS) is 10.8. The van der Waals surface area contributed by atoms with E-state index in [4.69, 9.17) is 0 Å². The minimum absolute atomic E-state index is 0.0732. The lowest BCUT2D eigenvalue weighted by Crippen LogP contribution is -2.13. The summed E-state index contributed by atoms with van der Waals surface area (Å²) in [4.78, 5) is 14.2. The third kappa shape index (κ3) is 4.45. The zero-order valence-electron chi connectivity index (χ0n) is 13.5. The van der Waals surface area contributed by atoms with E-state index < -0.39 is 5.91 Å². The predicted octanol–water partition coefficient (Wildman–Crippen LogP) is 3.61. The molecule has 0 aliphatic rings. The number of benzene rings is 2. The Morgan fingerprint density at radius 3 is 2.43 bits per heavy atom. The van der Waals surface area contributed by atoms with Crippen molar-refractivity contribution in [1.29, 1.82) is 5.26 Å². The molecule has 0 radical (unpaired) electrons. The lowest BCUT2D eigenvalue weighted by molar-refractivity contribution is -0.112. The van der Waals surface area contributed by atoms with E-state index in [-0.39, 0.29) is 5.57 Å². The van der Waals surface area contributed by atoms with Crippen molar-refractivity contribution in [3.05, 3.63) is 65.2 Å². The highest BCUT2D eigenvalue weighted by atomic mass is 16.1. The number of hydrogen-bond acceptors (Lipinski definition) is 3. The maximum atomic E-state index is 12.2. The van der Waals surface area contributed by atoms with Crippen molar-refractivity contribution in [3.8, 4) is 6.07 Å². The second kappa shape index (κ2) is 7.28. The van der Waals surface area contributed by atoms with Crippen LogP contribution in [0.2, 0.25) is 0 Å². The van der Waals surface area contributed by atoms with E-state index in [1.165, 1.54) is 0 Å². The average Bonchev–Trinajstić information content (AvgIpc) is 2.53. The quantitative estimate of drug-likeness (QED) is 0.693. The van der Waals surface area contributed by atoms with Gasteiger partial charge in [-0.05, 0) is 48.4 Å². The summed E-state index contributed by atoms with van der Waals surface area (Å²) in [6.07, 6.45) is 1.59. The second-order valence-corrected chi connectivity index (χ2v) is 5.48. The Bertz CT molecular complexity index is 768. The lowest BCUT2D eigenvalue weighted by atomic mass is 10.1. The molecule has 116 valence electrons. The summed E-state index contributed by atoms with van der Waals surface area (Å²) in [5.41, 5.74) is 3.67. The molecule has 23 heavy (non-hydrogen) atoms. The topological polar surface area (TPSA) is 56.1 Å². The van der Waals surface area contributed by atoms with Gasteiger partial charge in [0.1, 0.15) is 11.6 Å². The number of carbonyl (C=O) groups is 1. The van der Waals surface area contributed by atoms with E-state index in [0.717, 1.165) is 16.8 Å². The van der Waals surface area contributed by atoms with E-state index in [9.17, 15) is 10.1 Å². The Hall–Kier alpha value is -3.06. The largest absolute Gasteiger partial charge is 0.378 e. The van der Waals surface area contributed by atoms with Gasteiger partial charge in [-0.15, -0.1) is 0 Å². The van der Waals surface area contributed by atoms with Crippen LogP contribution in [0.4, 0.5) is 11.4 Å². The Kier molecular flexibility index (Phi) is 5.16. The molecular weight excluding hydrogens is 286 g/mol. The van der Waals surface area contributed by atoms with Gasteiger partial charge >= 0.3 is 0 Å². The first-order valence-corrected chi connectivity index (χ1v) is 7.27. The molecule has 0 atom stereocenters. The van der Waals surface area contributed by atoms with E-state index in [0.29, 0.717) is 5.69 Å². The standard InChI is InChI=1S/C19H19N3O/c1-14-5-4-6-17(11-14)21-19(23)16(13-20)12-15-7-9-18(10-8-15)22(2)3/h4-12H,1-3H3,(H,21,23). The molecule has 0 aromatic heterocycles. The third-order valence-electron chi connectivity index (χ3n) is 3.36. The molecule has 2 aromatic rings. The number of aryl methyl sites for hydroxylation is 1. The van der Waals surface area contributed by atoms with E-state index >= 15 is 0 Å². The fourth-order valence-corrected chi connectivity index (χ4v) is 2.11. The van der Waals surface area contributed by atoms with E-state index in [1.807, 2.05) is 74.5 Å². The highest BCUT2D eigenvalue weighted by molar-refractivity contribution is 6.09. The first-order chi connectivity index (χ1) is 11.0. The molecule has 1 N–H and O–H groups in total. The van der Waals surface area contributed by atoms with Crippen molar-refractivity contribution < 1.29 is 4.79 Å². The van der Waals surface area contributed by atoms with Crippen LogP contribution in [-0.2, 0) is 4.79 Å². The second-order valence-electron chi connectivity index (χ2n) is 5.48. The van der Waals surface area contributed by atoms with Gasteiger partial charge in [-0.1, -0.05) is 24.3 Å². The summed E-state index contributed by atoms with van der Waals surface area (Å²) in [6.45, 7) is 1.95. The van der Waals surface area contributed by atoms with Crippen LogP contribution in [0.15, 0.2) is 54.1 Å². The van der Waals surface area contributed by atoms with E-state index in [2.05, 4.69) is 5.32 Å². The third-order valence-corrected chi connectivity index (χ3v) is 3.36.